The molecule has 0 bridgehead atoms. The quantitative estimate of drug-likeness (QED) is 0.502. The van der Waals surface area contributed by atoms with Gasteiger partial charge in [-0.2, -0.15) is 0 Å². The zero-order valence-electron chi connectivity index (χ0n) is 15.4. The Bertz CT molecular complexity index is 495. The van der Waals surface area contributed by atoms with Crippen LogP contribution in [0.15, 0.2) is 12.1 Å². The third-order valence-corrected chi connectivity index (χ3v) is 3.29. The molecule has 0 aliphatic rings. The lowest BCUT2D eigenvalue weighted by Crippen LogP contribution is -2.29. The number of carbonyl (C=O) groups excluding carboxylic acids is 1. The molecule has 0 heterocycles. The minimum Gasteiger partial charge on any atom is -0.490 e. The molecule has 0 saturated heterocycles. The summed E-state index contributed by atoms with van der Waals surface area (Å²) in [7, 11) is 0. The second-order valence-corrected chi connectivity index (χ2v) is 5.27. The average Bonchev–Trinajstić information content (AvgIpc) is 2.58. The van der Waals surface area contributed by atoms with Crippen LogP contribution in [-0.4, -0.2) is 44.1 Å². The molecule has 7 nitrogen and oxygen atoms in total. The normalized spacial score (nSPS) is 10.2. The molecule has 7 heteroatoms. The topological polar surface area (TPSA) is 89.1 Å². The summed E-state index contributed by atoms with van der Waals surface area (Å²) in [5.74, 6) is 1.61. The molecule has 1 aromatic carbocycles. The van der Waals surface area contributed by atoms with Gasteiger partial charge in [-0.05, 0) is 40.0 Å². The molecular weight excluding hydrogens is 324 g/mol. The van der Waals surface area contributed by atoms with E-state index in [9.17, 15) is 4.79 Å². The molecule has 142 valence electrons. The number of hydrogen-bond acceptors (Lipinski definition) is 5. The maximum atomic E-state index is 12.0. The van der Waals surface area contributed by atoms with E-state index in [1.165, 1.54) is 0 Å². The number of aliphatic hydroxyl groups is 1. The highest BCUT2D eigenvalue weighted by Crippen LogP contribution is 2.40. The van der Waals surface area contributed by atoms with Gasteiger partial charge in [0.15, 0.2) is 11.5 Å². The Morgan fingerprint density at radius 1 is 0.960 bits per heavy atom. The van der Waals surface area contributed by atoms with Crippen molar-refractivity contribution >= 4 is 11.7 Å². The Hall–Kier alpha value is -2.15. The summed E-state index contributed by atoms with van der Waals surface area (Å²) in [5, 5.41) is 14.3. The molecule has 0 aromatic heterocycles. The molecule has 1 rings (SSSR count). The van der Waals surface area contributed by atoms with Crippen LogP contribution < -0.4 is 24.8 Å². The summed E-state index contributed by atoms with van der Waals surface area (Å²) in [6.07, 6.45) is 2.45. The average molecular weight is 354 g/mol. The molecule has 0 radical (unpaired) electrons. The first-order valence-electron chi connectivity index (χ1n) is 8.88. The highest BCUT2D eigenvalue weighted by Gasteiger charge is 2.16. The van der Waals surface area contributed by atoms with Crippen molar-refractivity contribution in [3.8, 4) is 17.2 Å². The van der Waals surface area contributed by atoms with Crippen molar-refractivity contribution in [1.29, 1.82) is 0 Å². The van der Waals surface area contributed by atoms with E-state index in [4.69, 9.17) is 19.3 Å². The number of anilines is 1. The fraction of sp³-hybridized carbons (Fsp3) is 0.611. The summed E-state index contributed by atoms with van der Waals surface area (Å²) in [6.45, 7) is 7.84. The zero-order chi connectivity index (χ0) is 18.5. The lowest BCUT2D eigenvalue weighted by molar-refractivity contribution is 0.251. The van der Waals surface area contributed by atoms with E-state index in [2.05, 4.69) is 10.6 Å². The SMILES string of the molecule is CCOc1cc(NC(=O)NCCCCCO)cc(OCC)c1OCC. The van der Waals surface area contributed by atoms with E-state index >= 15 is 0 Å². The first-order chi connectivity index (χ1) is 12.2. The standard InChI is InChI=1S/C18H30N2O5/c1-4-23-15-12-14(13-16(24-5-2)17(15)25-6-3)20-18(22)19-10-8-7-9-11-21/h12-13,21H,4-11H2,1-3H3,(H2,19,20,22). The Kier molecular flexibility index (Phi) is 10.2. The number of ether oxygens (including phenoxy) is 3. The third-order valence-electron chi connectivity index (χ3n) is 3.29. The Labute approximate surface area is 149 Å². The van der Waals surface area contributed by atoms with Crippen LogP contribution in [0.2, 0.25) is 0 Å². The van der Waals surface area contributed by atoms with E-state index in [0.29, 0.717) is 49.3 Å². The van der Waals surface area contributed by atoms with Gasteiger partial charge >= 0.3 is 6.03 Å². The molecule has 0 unspecified atom stereocenters. The molecule has 3 N–H and O–H groups in total. The van der Waals surface area contributed by atoms with E-state index < -0.39 is 0 Å². The van der Waals surface area contributed by atoms with E-state index in [1.807, 2.05) is 20.8 Å². The van der Waals surface area contributed by atoms with E-state index in [-0.39, 0.29) is 12.6 Å². The van der Waals surface area contributed by atoms with Crippen molar-refractivity contribution in [3.05, 3.63) is 12.1 Å². The van der Waals surface area contributed by atoms with Crippen LogP contribution in [0, 0.1) is 0 Å². The van der Waals surface area contributed by atoms with Gasteiger partial charge in [-0.15, -0.1) is 0 Å². The third kappa shape index (κ3) is 7.51. The highest BCUT2D eigenvalue weighted by atomic mass is 16.5. The Morgan fingerprint density at radius 3 is 2.08 bits per heavy atom. The Balaban J connectivity index is 2.79. The number of hydrogen-bond donors (Lipinski definition) is 3. The molecule has 0 atom stereocenters. The second kappa shape index (κ2) is 12.2. The molecule has 0 spiro atoms. The van der Waals surface area contributed by atoms with E-state index in [0.717, 1.165) is 19.3 Å². The summed E-state index contributed by atoms with van der Waals surface area (Å²) in [4.78, 5) is 12.0. The molecule has 0 aliphatic carbocycles. The van der Waals surface area contributed by atoms with Crippen LogP contribution in [0.25, 0.3) is 0 Å². The highest BCUT2D eigenvalue weighted by molar-refractivity contribution is 5.90. The first kappa shape index (κ1) is 20.9. The molecule has 0 saturated carbocycles. The van der Waals surface area contributed by atoms with Crippen molar-refractivity contribution in [3.63, 3.8) is 0 Å². The van der Waals surface area contributed by atoms with E-state index in [1.54, 1.807) is 12.1 Å². The summed E-state index contributed by atoms with van der Waals surface area (Å²) in [5.41, 5.74) is 0.572. The van der Waals surface area contributed by atoms with Crippen LogP contribution in [0.5, 0.6) is 17.2 Å². The smallest absolute Gasteiger partial charge is 0.319 e. The number of amides is 2. The maximum Gasteiger partial charge on any atom is 0.319 e. The number of urea groups is 1. The van der Waals surface area contributed by atoms with Crippen LogP contribution in [0.3, 0.4) is 0 Å². The van der Waals surface area contributed by atoms with Gasteiger partial charge in [0.2, 0.25) is 5.75 Å². The van der Waals surface area contributed by atoms with Gasteiger partial charge in [-0.3, -0.25) is 0 Å². The van der Waals surface area contributed by atoms with Gasteiger partial charge in [0.1, 0.15) is 0 Å². The van der Waals surface area contributed by atoms with Gasteiger partial charge in [0, 0.05) is 25.3 Å². The van der Waals surface area contributed by atoms with Gasteiger partial charge in [-0.25, -0.2) is 4.79 Å². The van der Waals surface area contributed by atoms with Crippen LogP contribution in [0.4, 0.5) is 10.5 Å². The number of rotatable bonds is 12. The van der Waals surface area contributed by atoms with Gasteiger partial charge in [0.25, 0.3) is 0 Å². The molecule has 0 aliphatic heterocycles. The number of benzene rings is 1. The minimum absolute atomic E-state index is 0.179. The van der Waals surface area contributed by atoms with Crippen LogP contribution in [-0.2, 0) is 0 Å². The monoisotopic (exact) mass is 354 g/mol. The lowest BCUT2D eigenvalue weighted by atomic mass is 10.2. The molecule has 25 heavy (non-hydrogen) atoms. The predicted molar refractivity (Wildman–Crippen MR) is 97.9 cm³/mol. The molecule has 0 fully saturated rings. The molecular formula is C18H30N2O5. The first-order valence-corrected chi connectivity index (χ1v) is 8.88. The van der Waals surface area contributed by atoms with Crippen LogP contribution >= 0.6 is 0 Å². The van der Waals surface area contributed by atoms with Crippen molar-refractivity contribution in [2.75, 3.05) is 38.3 Å². The number of aliphatic hydroxyl groups excluding tert-OH is 1. The summed E-state index contributed by atoms with van der Waals surface area (Å²) < 4.78 is 16.9. The van der Waals surface area contributed by atoms with Gasteiger partial charge < -0.3 is 30.0 Å². The van der Waals surface area contributed by atoms with Crippen molar-refractivity contribution < 1.29 is 24.1 Å². The Morgan fingerprint density at radius 2 is 1.56 bits per heavy atom. The van der Waals surface area contributed by atoms with Crippen LogP contribution in [0.1, 0.15) is 40.0 Å². The lowest BCUT2D eigenvalue weighted by Gasteiger charge is -2.17. The molecule has 2 amide bonds. The number of nitrogens with one attached hydrogen (secondary N) is 2. The van der Waals surface area contributed by atoms with Gasteiger partial charge in [-0.1, -0.05) is 0 Å². The fourth-order valence-corrected chi connectivity index (χ4v) is 2.25. The predicted octanol–water partition coefficient (Wildman–Crippen LogP) is 3.17. The maximum absolute atomic E-state index is 12.0. The van der Waals surface area contributed by atoms with Crippen molar-refractivity contribution in [2.45, 2.75) is 40.0 Å². The second-order valence-electron chi connectivity index (χ2n) is 5.27. The largest absolute Gasteiger partial charge is 0.490 e. The van der Waals surface area contributed by atoms with Crippen molar-refractivity contribution in [1.82, 2.24) is 5.32 Å². The summed E-state index contributed by atoms with van der Waals surface area (Å²) in [6, 6.07) is 3.16. The van der Waals surface area contributed by atoms with Gasteiger partial charge in [0.05, 0.1) is 25.5 Å². The zero-order valence-corrected chi connectivity index (χ0v) is 15.4. The summed E-state index contributed by atoms with van der Waals surface area (Å²) >= 11 is 0. The minimum atomic E-state index is -0.293. The molecule has 1 aromatic rings. The number of carbonyl (C=O) groups is 1. The number of unbranched alkanes of at least 4 members (excludes halogenated alkanes) is 2. The van der Waals surface area contributed by atoms with Crippen molar-refractivity contribution in [2.24, 2.45) is 0 Å². The fourth-order valence-electron chi connectivity index (χ4n) is 2.25.